The summed E-state index contributed by atoms with van der Waals surface area (Å²) in [5, 5.41) is 8.59. The highest BCUT2D eigenvalue weighted by molar-refractivity contribution is 5.82. The molecule has 0 aromatic carbocycles. The molecule has 0 saturated carbocycles. The quantitative estimate of drug-likeness (QED) is 0.467. The van der Waals surface area contributed by atoms with Crippen molar-refractivity contribution >= 4 is 23.6 Å². The fourth-order valence-corrected chi connectivity index (χ4v) is 1.97. The molecule has 0 aliphatic rings. The minimum atomic E-state index is 0.0174. The van der Waals surface area contributed by atoms with Crippen molar-refractivity contribution in [1.82, 2.24) is 0 Å². The lowest BCUT2D eigenvalue weighted by molar-refractivity contribution is -0.120. The van der Waals surface area contributed by atoms with Gasteiger partial charge >= 0.3 is 0 Å². The summed E-state index contributed by atoms with van der Waals surface area (Å²) in [6.07, 6.45) is 6.39. The molecule has 1 N–H and O–H groups in total. The third kappa shape index (κ3) is 13.4. The summed E-state index contributed by atoms with van der Waals surface area (Å²) in [5.41, 5.74) is 0. The fourth-order valence-electron chi connectivity index (χ4n) is 1.97. The van der Waals surface area contributed by atoms with Gasteiger partial charge in [-0.15, -0.1) is 0 Å². The third-order valence-electron chi connectivity index (χ3n) is 3.17. The summed E-state index contributed by atoms with van der Waals surface area (Å²) < 4.78 is 0. The van der Waals surface area contributed by atoms with Gasteiger partial charge in [-0.1, -0.05) is 0 Å². The first-order valence-corrected chi connectivity index (χ1v) is 7.61. The van der Waals surface area contributed by atoms with E-state index in [1.807, 2.05) is 0 Å². The van der Waals surface area contributed by atoms with E-state index in [2.05, 4.69) is 0 Å². The molecule has 0 atom stereocenters. The first kappa shape index (κ1) is 19.6. The summed E-state index contributed by atoms with van der Waals surface area (Å²) in [5.74, 6) is 0.246. The van der Waals surface area contributed by atoms with E-state index in [1.54, 1.807) is 6.29 Å². The molecule has 0 unspecified atom stereocenters. The summed E-state index contributed by atoms with van der Waals surface area (Å²) in [7, 11) is 0. The topological polar surface area (TPSA) is 88.5 Å². The molecule has 0 fully saturated rings. The van der Waals surface area contributed by atoms with Crippen molar-refractivity contribution in [3.8, 4) is 0 Å². The van der Waals surface area contributed by atoms with Crippen molar-refractivity contribution in [3.63, 3.8) is 0 Å². The van der Waals surface area contributed by atoms with Gasteiger partial charge in [0.05, 0.1) is 0 Å². The molecule has 0 aromatic heterocycles. The molecule has 21 heavy (non-hydrogen) atoms. The average Bonchev–Trinajstić information content (AvgIpc) is 2.45. The summed E-state index contributed by atoms with van der Waals surface area (Å²) in [6, 6.07) is 0. The second-order valence-electron chi connectivity index (χ2n) is 5.15. The second kappa shape index (κ2) is 13.6. The number of rotatable bonds is 15. The highest BCUT2D eigenvalue weighted by Crippen LogP contribution is 2.08. The molecule has 119 valence electrons. The van der Waals surface area contributed by atoms with Gasteiger partial charge in [0.1, 0.15) is 17.3 Å². The zero-order chi connectivity index (χ0) is 15.9. The Kier molecular flexibility index (Phi) is 12.7. The van der Waals surface area contributed by atoms with Crippen LogP contribution in [0.4, 0.5) is 0 Å². The molecule has 5 nitrogen and oxygen atoms in total. The van der Waals surface area contributed by atoms with Crippen molar-refractivity contribution in [1.29, 1.82) is 0 Å². The van der Waals surface area contributed by atoms with Crippen LogP contribution < -0.4 is 0 Å². The molecular weight excluding hydrogens is 272 g/mol. The van der Waals surface area contributed by atoms with Crippen LogP contribution >= 0.6 is 0 Å². The monoisotopic (exact) mass is 297 g/mol. The number of carbonyl (C=O) groups is 3. The zero-order valence-corrected chi connectivity index (χ0v) is 12.6. The number of hydrogen-bond donors (Lipinski definition) is 1. The molecule has 0 amide bonds. The predicted octanol–water partition coefficient (Wildman–Crippen LogP) is 2.09. The van der Waals surface area contributed by atoms with Gasteiger partial charge in [-0.05, 0) is 25.7 Å². The number of ketones is 3. The van der Waals surface area contributed by atoms with Crippen LogP contribution in [0.3, 0.4) is 0 Å². The number of Topliss-reactive ketones (excluding diaryl/α,β-unsaturated/α-hetero) is 3. The van der Waals surface area contributed by atoms with Crippen LogP contribution in [0.5, 0.6) is 0 Å². The van der Waals surface area contributed by atoms with E-state index in [1.165, 1.54) is 0 Å². The number of hydrogen-bond acceptors (Lipinski definition) is 5. The maximum atomic E-state index is 11.6. The van der Waals surface area contributed by atoms with Gasteiger partial charge in [-0.25, -0.2) is 0 Å². The van der Waals surface area contributed by atoms with Gasteiger partial charge in [-0.2, -0.15) is 0 Å². The molecule has 0 aliphatic heterocycles. The van der Waals surface area contributed by atoms with E-state index in [-0.39, 0.29) is 30.4 Å². The Bertz CT molecular complexity index is 336. The minimum Gasteiger partial charge on any atom is -0.396 e. The lowest BCUT2D eigenvalue weighted by Gasteiger charge is -2.02. The van der Waals surface area contributed by atoms with E-state index >= 15 is 0 Å². The van der Waals surface area contributed by atoms with Crippen molar-refractivity contribution in [2.75, 3.05) is 6.61 Å². The second-order valence-corrected chi connectivity index (χ2v) is 5.15. The van der Waals surface area contributed by atoms with Crippen LogP contribution in [-0.4, -0.2) is 35.3 Å². The third-order valence-corrected chi connectivity index (χ3v) is 3.17. The number of carbonyl (C=O) groups excluding carboxylic acids is 4. The van der Waals surface area contributed by atoms with Crippen LogP contribution in [0, 0.1) is 0 Å². The maximum absolute atomic E-state index is 11.6. The molecular formula is C16H25O5. The van der Waals surface area contributed by atoms with Gasteiger partial charge in [0, 0.05) is 51.6 Å². The van der Waals surface area contributed by atoms with E-state index in [4.69, 9.17) is 5.11 Å². The normalized spacial score (nSPS) is 10.3. The Morgan fingerprint density at radius 3 is 1.43 bits per heavy atom. The molecule has 0 aliphatic carbocycles. The summed E-state index contributed by atoms with van der Waals surface area (Å²) >= 11 is 0. The predicted molar refractivity (Wildman–Crippen MR) is 78.6 cm³/mol. The van der Waals surface area contributed by atoms with E-state index in [0.29, 0.717) is 64.2 Å². The first-order chi connectivity index (χ1) is 10.1. The number of aliphatic hydroxyl groups is 1. The lowest BCUT2D eigenvalue weighted by Crippen LogP contribution is -2.04. The fraction of sp³-hybridized carbons (Fsp3) is 0.750. The highest BCUT2D eigenvalue weighted by Gasteiger charge is 2.07. The van der Waals surface area contributed by atoms with Crippen LogP contribution in [0.15, 0.2) is 0 Å². The highest BCUT2D eigenvalue weighted by atomic mass is 16.3. The number of aliphatic hydroxyl groups excluding tert-OH is 1. The van der Waals surface area contributed by atoms with Gasteiger partial charge in [0.2, 0.25) is 0 Å². The van der Waals surface area contributed by atoms with Crippen molar-refractivity contribution < 1.29 is 24.3 Å². The number of unbranched alkanes of at least 4 members (excludes halogenated alkanes) is 1. The van der Waals surface area contributed by atoms with Gasteiger partial charge in [-0.3, -0.25) is 19.2 Å². The summed E-state index contributed by atoms with van der Waals surface area (Å²) in [6.45, 7) is 0.0174. The van der Waals surface area contributed by atoms with Crippen molar-refractivity contribution in [2.45, 2.75) is 70.6 Å². The zero-order valence-electron chi connectivity index (χ0n) is 12.6. The van der Waals surface area contributed by atoms with Gasteiger partial charge in [0.15, 0.2) is 6.29 Å². The van der Waals surface area contributed by atoms with E-state index in [0.717, 1.165) is 0 Å². The Hall–Kier alpha value is -1.36. The Balaban J connectivity index is 3.51. The Labute approximate surface area is 126 Å². The molecule has 0 aromatic rings. The summed E-state index contributed by atoms with van der Waals surface area (Å²) in [4.78, 5) is 44.3. The Morgan fingerprint density at radius 2 is 1.05 bits per heavy atom. The van der Waals surface area contributed by atoms with Crippen LogP contribution in [0.2, 0.25) is 0 Å². The maximum Gasteiger partial charge on any atom is 0.198 e. The van der Waals surface area contributed by atoms with Crippen LogP contribution in [0.25, 0.3) is 0 Å². The van der Waals surface area contributed by atoms with E-state index in [9.17, 15) is 19.2 Å². The molecule has 0 bridgehead atoms. The molecule has 1 radical (unpaired) electrons. The Morgan fingerprint density at radius 1 is 0.667 bits per heavy atom. The van der Waals surface area contributed by atoms with Gasteiger partial charge in [0.25, 0.3) is 0 Å². The molecule has 0 heterocycles. The van der Waals surface area contributed by atoms with Crippen molar-refractivity contribution in [2.24, 2.45) is 0 Å². The molecule has 0 rings (SSSR count). The minimum absolute atomic E-state index is 0.0174. The van der Waals surface area contributed by atoms with Gasteiger partial charge < -0.3 is 5.11 Å². The first-order valence-electron chi connectivity index (χ1n) is 7.61. The SMILES string of the molecule is O=[C]CCCC(=O)CCCC(=O)CCCC(=O)CCCO. The molecule has 5 heteroatoms. The van der Waals surface area contributed by atoms with E-state index < -0.39 is 0 Å². The van der Waals surface area contributed by atoms with Crippen LogP contribution in [-0.2, 0) is 19.2 Å². The standard InChI is InChI=1S/C16H25O5/c17-12-2-1-6-14(19)7-3-8-15(20)9-4-10-16(21)11-5-13-18/h18H,1-11,13H2. The molecule has 0 saturated heterocycles. The van der Waals surface area contributed by atoms with Crippen LogP contribution in [0.1, 0.15) is 70.6 Å². The average molecular weight is 297 g/mol. The lowest BCUT2D eigenvalue weighted by atomic mass is 10.0. The smallest absolute Gasteiger partial charge is 0.198 e. The molecule has 0 spiro atoms. The van der Waals surface area contributed by atoms with Crippen molar-refractivity contribution in [3.05, 3.63) is 0 Å². The largest absolute Gasteiger partial charge is 0.396 e.